The molecule has 0 amide bonds. The molecule has 5 heteroatoms. The number of carboxylic acids is 1. The Balaban J connectivity index is 1.77. The monoisotopic (exact) mass is 344 g/mol. The topological polar surface area (TPSA) is 79.9 Å². The van der Waals surface area contributed by atoms with Gasteiger partial charge in [-0.15, -0.1) is 0 Å². The molecule has 25 heavy (non-hydrogen) atoms. The molecule has 2 aliphatic carbocycles. The average molecular weight is 344 g/mol. The number of methoxy groups -OCH3 is 1. The van der Waals surface area contributed by atoms with E-state index in [1.807, 2.05) is 18.2 Å². The van der Waals surface area contributed by atoms with Gasteiger partial charge < -0.3 is 19.4 Å². The van der Waals surface area contributed by atoms with Crippen LogP contribution in [-0.2, 0) is 15.8 Å². The van der Waals surface area contributed by atoms with E-state index in [-0.39, 0.29) is 11.3 Å². The molecule has 2 aliphatic rings. The first-order chi connectivity index (χ1) is 11.9. The number of rotatable bonds is 4. The minimum absolute atomic E-state index is 0.0882. The van der Waals surface area contributed by atoms with E-state index in [9.17, 15) is 15.0 Å². The molecule has 5 nitrogen and oxygen atoms in total. The number of furan rings is 1. The van der Waals surface area contributed by atoms with Gasteiger partial charge in [-0.3, -0.25) is 4.79 Å². The van der Waals surface area contributed by atoms with Crippen LogP contribution in [0.3, 0.4) is 0 Å². The second kappa shape index (κ2) is 5.49. The summed E-state index contributed by atoms with van der Waals surface area (Å²) in [5.74, 6) is 0.474. The SMILES string of the molecule is COc1ccc(C2(O)CCC(C(=O)O)CC2)c2cc(C3(C)CC3)oc12. The van der Waals surface area contributed by atoms with Gasteiger partial charge in [0.05, 0.1) is 18.6 Å². The van der Waals surface area contributed by atoms with Crippen LogP contribution in [0, 0.1) is 5.92 Å². The number of carboxylic acid groups (broad SMARTS) is 1. The second-order valence-corrected chi connectivity index (χ2v) is 7.87. The smallest absolute Gasteiger partial charge is 0.306 e. The third-order valence-electron chi connectivity index (χ3n) is 6.13. The number of hydrogen-bond donors (Lipinski definition) is 2. The number of benzene rings is 1. The lowest BCUT2D eigenvalue weighted by molar-refractivity contribution is -0.144. The van der Waals surface area contributed by atoms with Crippen LogP contribution >= 0.6 is 0 Å². The third kappa shape index (κ3) is 2.61. The highest BCUT2D eigenvalue weighted by Crippen LogP contribution is 2.51. The van der Waals surface area contributed by atoms with Crippen molar-refractivity contribution in [3.05, 3.63) is 29.5 Å². The molecule has 0 aliphatic heterocycles. The van der Waals surface area contributed by atoms with Crippen LogP contribution in [0.15, 0.2) is 22.6 Å². The molecule has 2 aromatic rings. The molecule has 1 aromatic heterocycles. The van der Waals surface area contributed by atoms with E-state index in [1.54, 1.807) is 7.11 Å². The number of aliphatic carboxylic acids is 1. The van der Waals surface area contributed by atoms with Crippen molar-refractivity contribution < 1.29 is 24.2 Å². The zero-order valence-electron chi connectivity index (χ0n) is 14.7. The largest absolute Gasteiger partial charge is 0.493 e. The van der Waals surface area contributed by atoms with Gasteiger partial charge in [0, 0.05) is 10.8 Å². The second-order valence-electron chi connectivity index (χ2n) is 7.87. The van der Waals surface area contributed by atoms with Crippen molar-refractivity contribution in [1.82, 2.24) is 0 Å². The van der Waals surface area contributed by atoms with Crippen molar-refractivity contribution in [2.75, 3.05) is 7.11 Å². The maximum absolute atomic E-state index is 11.3. The van der Waals surface area contributed by atoms with Crippen molar-refractivity contribution >= 4 is 16.9 Å². The molecule has 2 fully saturated rings. The predicted octanol–water partition coefficient (Wildman–Crippen LogP) is 3.96. The standard InChI is InChI=1S/C20H24O5/c1-19(9-10-19)16-11-13-14(3-4-15(24-2)17(13)25-16)20(23)7-5-12(6-8-20)18(21)22/h3-4,11-12,23H,5-10H2,1-2H3,(H,21,22). The first kappa shape index (κ1) is 16.5. The molecule has 0 bridgehead atoms. The lowest BCUT2D eigenvalue weighted by atomic mass is 9.74. The van der Waals surface area contributed by atoms with E-state index in [0.29, 0.717) is 37.0 Å². The third-order valence-corrected chi connectivity index (χ3v) is 6.13. The summed E-state index contributed by atoms with van der Waals surface area (Å²) in [6.07, 6.45) is 4.08. The first-order valence-electron chi connectivity index (χ1n) is 8.93. The molecule has 134 valence electrons. The fourth-order valence-electron chi connectivity index (χ4n) is 4.01. The summed E-state index contributed by atoms with van der Waals surface area (Å²) in [7, 11) is 1.61. The van der Waals surface area contributed by atoms with Crippen LogP contribution in [0.1, 0.15) is 56.8 Å². The molecule has 1 aromatic carbocycles. The Morgan fingerprint density at radius 1 is 1.24 bits per heavy atom. The van der Waals surface area contributed by atoms with Crippen molar-refractivity contribution in [2.45, 2.75) is 56.5 Å². The Morgan fingerprint density at radius 3 is 2.48 bits per heavy atom. The summed E-state index contributed by atoms with van der Waals surface area (Å²) < 4.78 is 11.6. The Hall–Kier alpha value is -2.01. The zero-order valence-corrected chi connectivity index (χ0v) is 14.7. The Bertz CT molecular complexity index is 822. The molecule has 0 spiro atoms. The minimum atomic E-state index is -1.01. The van der Waals surface area contributed by atoms with Crippen molar-refractivity contribution in [1.29, 1.82) is 0 Å². The number of ether oxygens (including phenoxy) is 1. The lowest BCUT2D eigenvalue weighted by Crippen LogP contribution is -2.34. The molecule has 0 atom stereocenters. The Labute approximate surface area is 146 Å². The Kier molecular flexibility index (Phi) is 3.62. The summed E-state index contributed by atoms with van der Waals surface area (Å²) in [5.41, 5.74) is 0.579. The van der Waals surface area contributed by atoms with Gasteiger partial charge in [0.2, 0.25) is 0 Å². The highest BCUT2D eigenvalue weighted by atomic mass is 16.5. The molecule has 4 rings (SSSR count). The number of carbonyl (C=O) groups is 1. The average Bonchev–Trinajstić information content (AvgIpc) is 3.18. The van der Waals surface area contributed by atoms with E-state index in [4.69, 9.17) is 9.15 Å². The van der Waals surface area contributed by atoms with E-state index in [1.165, 1.54) is 0 Å². The number of fused-ring (bicyclic) bond motifs is 1. The minimum Gasteiger partial charge on any atom is -0.493 e. The number of aliphatic hydroxyl groups is 1. The molecule has 0 unspecified atom stereocenters. The molecule has 0 radical (unpaired) electrons. The van der Waals surface area contributed by atoms with E-state index in [0.717, 1.165) is 29.6 Å². The van der Waals surface area contributed by atoms with Gasteiger partial charge in [0.25, 0.3) is 0 Å². The van der Waals surface area contributed by atoms with Crippen LogP contribution in [0.2, 0.25) is 0 Å². The van der Waals surface area contributed by atoms with E-state index >= 15 is 0 Å². The predicted molar refractivity (Wildman–Crippen MR) is 92.8 cm³/mol. The van der Waals surface area contributed by atoms with Crippen molar-refractivity contribution in [2.24, 2.45) is 5.92 Å². The summed E-state index contributed by atoms with van der Waals surface area (Å²) in [4.78, 5) is 11.2. The van der Waals surface area contributed by atoms with Crippen molar-refractivity contribution in [3.8, 4) is 5.75 Å². The first-order valence-corrected chi connectivity index (χ1v) is 8.93. The van der Waals surface area contributed by atoms with Crippen LogP contribution < -0.4 is 4.74 Å². The fourth-order valence-corrected chi connectivity index (χ4v) is 4.01. The van der Waals surface area contributed by atoms with Gasteiger partial charge in [-0.25, -0.2) is 0 Å². The molecular formula is C20H24O5. The maximum atomic E-state index is 11.3. The quantitative estimate of drug-likeness (QED) is 0.878. The zero-order chi connectivity index (χ0) is 17.8. The van der Waals surface area contributed by atoms with Crippen LogP contribution in [0.25, 0.3) is 11.0 Å². The molecule has 2 saturated carbocycles. The summed E-state index contributed by atoms with van der Waals surface area (Å²) in [6, 6.07) is 5.78. The normalized spacial score (nSPS) is 28.0. The van der Waals surface area contributed by atoms with Crippen molar-refractivity contribution in [3.63, 3.8) is 0 Å². The van der Waals surface area contributed by atoms with Gasteiger partial charge in [0.1, 0.15) is 5.76 Å². The fraction of sp³-hybridized carbons (Fsp3) is 0.550. The van der Waals surface area contributed by atoms with E-state index < -0.39 is 11.6 Å². The molecular weight excluding hydrogens is 320 g/mol. The van der Waals surface area contributed by atoms with Gasteiger partial charge in [-0.2, -0.15) is 0 Å². The van der Waals surface area contributed by atoms with Gasteiger partial charge in [-0.05, 0) is 56.2 Å². The molecule has 1 heterocycles. The summed E-state index contributed by atoms with van der Waals surface area (Å²) >= 11 is 0. The van der Waals surface area contributed by atoms with Crippen LogP contribution in [-0.4, -0.2) is 23.3 Å². The number of hydrogen-bond acceptors (Lipinski definition) is 4. The Morgan fingerprint density at radius 2 is 1.92 bits per heavy atom. The van der Waals surface area contributed by atoms with Gasteiger partial charge in [-0.1, -0.05) is 13.0 Å². The highest BCUT2D eigenvalue weighted by Gasteiger charge is 2.44. The molecule has 0 saturated heterocycles. The van der Waals surface area contributed by atoms with Gasteiger partial charge >= 0.3 is 5.97 Å². The molecule has 2 N–H and O–H groups in total. The lowest BCUT2D eigenvalue weighted by Gasteiger charge is -2.35. The van der Waals surface area contributed by atoms with Gasteiger partial charge in [0.15, 0.2) is 11.3 Å². The van der Waals surface area contributed by atoms with E-state index in [2.05, 4.69) is 6.92 Å². The maximum Gasteiger partial charge on any atom is 0.306 e. The highest BCUT2D eigenvalue weighted by molar-refractivity contribution is 5.88. The van der Waals surface area contributed by atoms with Crippen LogP contribution in [0.4, 0.5) is 0 Å². The summed E-state index contributed by atoms with van der Waals surface area (Å²) in [5, 5.41) is 21.3. The van der Waals surface area contributed by atoms with Crippen LogP contribution in [0.5, 0.6) is 5.75 Å². The summed E-state index contributed by atoms with van der Waals surface area (Å²) in [6.45, 7) is 2.18.